The van der Waals surface area contributed by atoms with Crippen molar-refractivity contribution in [3.05, 3.63) is 0 Å². The van der Waals surface area contributed by atoms with Crippen molar-refractivity contribution in [3.8, 4) is 0 Å². The van der Waals surface area contributed by atoms with Crippen molar-refractivity contribution >= 4 is 39.5 Å². The van der Waals surface area contributed by atoms with Gasteiger partial charge in [0, 0.05) is 25.7 Å². The highest BCUT2D eigenvalue weighted by atomic mass is 31.2. The summed E-state index contributed by atoms with van der Waals surface area (Å²) in [6.07, 6.45) is 47.4. The molecule has 3 N–H and O–H groups in total. The lowest BCUT2D eigenvalue weighted by molar-refractivity contribution is -0.161. The minimum absolute atomic E-state index is 0.103. The number of rotatable bonds is 69. The van der Waals surface area contributed by atoms with Crippen molar-refractivity contribution < 1.29 is 80.2 Å². The largest absolute Gasteiger partial charge is 0.472 e. The van der Waals surface area contributed by atoms with Crippen LogP contribution in [0, 0.1) is 11.8 Å². The highest BCUT2D eigenvalue weighted by molar-refractivity contribution is 7.47. The molecule has 0 aromatic rings. The Morgan fingerprint density at radius 2 is 0.573 bits per heavy atom. The number of carbonyl (C=O) groups is 4. The van der Waals surface area contributed by atoms with E-state index in [9.17, 15) is 43.2 Å². The first-order chi connectivity index (χ1) is 42.9. The molecule has 0 amide bonds. The minimum Gasteiger partial charge on any atom is -0.462 e. The monoisotopic (exact) mass is 1310 g/mol. The number of aliphatic hydroxyl groups excluding tert-OH is 1. The van der Waals surface area contributed by atoms with Crippen molar-refractivity contribution in [3.63, 3.8) is 0 Å². The third kappa shape index (κ3) is 63.2. The summed E-state index contributed by atoms with van der Waals surface area (Å²) in [6, 6.07) is 0. The van der Waals surface area contributed by atoms with Crippen LogP contribution >= 0.6 is 15.6 Å². The molecule has 19 heteroatoms. The van der Waals surface area contributed by atoms with E-state index in [-0.39, 0.29) is 25.7 Å². The van der Waals surface area contributed by atoms with E-state index in [4.69, 9.17) is 37.0 Å². The fraction of sp³-hybridized carbons (Fsp3) is 0.943. The second-order valence-electron chi connectivity index (χ2n) is 26.0. The Bertz CT molecular complexity index is 1740. The van der Waals surface area contributed by atoms with Gasteiger partial charge in [0.2, 0.25) is 0 Å². The van der Waals surface area contributed by atoms with E-state index in [1.807, 2.05) is 0 Å². The molecule has 0 aliphatic rings. The Kier molecular flexibility index (Phi) is 60.8. The van der Waals surface area contributed by atoms with Gasteiger partial charge in [-0.15, -0.1) is 0 Å². The summed E-state index contributed by atoms with van der Waals surface area (Å²) in [5, 5.41) is 10.6. The average molecular weight is 1310 g/mol. The standard InChI is InChI=1S/C70H136O17P2/c1-7-10-12-14-16-17-18-19-24-27-30-34-41-47-53-68(73)81-59-65(86-69(74)54-48-42-35-31-28-25-22-20-21-23-26-29-33-38-44-50-62(4)5)60-84-88(76,77)82-56-64(71)57-83-89(78,79)85-61-66(58-80-67(72)52-46-40-32-15-13-11-8-2)87-70(75)55-49-43-37-36-39-45-51-63(6)9-3/h62-66,71H,7-61H2,1-6H3,(H,76,77)(H,78,79)/t63?,64-,65-,66-/m1/s1. The Morgan fingerprint density at radius 3 is 0.854 bits per heavy atom. The first kappa shape index (κ1) is 87.1. The highest BCUT2D eigenvalue weighted by Crippen LogP contribution is 2.45. The Labute approximate surface area is 543 Å². The third-order valence-electron chi connectivity index (χ3n) is 16.6. The molecule has 0 aliphatic heterocycles. The van der Waals surface area contributed by atoms with Crippen molar-refractivity contribution in [2.45, 2.75) is 374 Å². The molecule has 0 aliphatic carbocycles. The number of aliphatic hydroxyl groups is 1. The average Bonchev–Trinajstić information content (AvgIpc) is 3.51. The smallest absolute Gasteiger partial charge is 0.462 e. The van der Waals surface area contributed by atoms with Gasteiger partial charge in [-0.3, -0.25) is 37.3 Å². The summed E-state index contributed by atoms with van der Waals surface area (Å²) >= 11 is 0. The van der Waals surface area contributed by atoms with Crippen LogP contribution in [0.15, 0.2) is 0 Å². The van der Waals surface area contributed by atoms with Gasteiger partial charge in [0.25, 0.3) is 0 Å². The molecule has 0 saturated carbocycles. The zero-order valence-electron chi connectivity index (χ0n) is 57.7. The SMILES string of the molecule is CCCCCCCCCCCCCCCCC(=O)OC[C@H](COP(=O)(O)OC[C@@H](O)COP(=O)(O)OC[C@@H](COC(=O)CCCCCCCCC)OC(=O)CCCCCCCCC(C)CC)OC(=O)CCCCCCCCCCCCCCCCCC(C)C. The molecular formula is C70H136O17P2. The second-order valence-corrected chi connectivity index (χ2v) is 28.9. The van der Waals surface area contributed by atoms with E-state index >= 15 is 0 Å². The molecule has 0 rings (SSSR count). The Hall–Kier alpha value is -1.94. The third-order valence-corrected chi connectivity index (χ3v) is 18.5. The van der Waals surface area contributed by atoms with Gasteiger partial charge in [0.05, 0.1) is 26.4 Å². The van der Waals surface area contributed by atoms with Gasteiger partial charge >= 0.3 is 39.5 Å². The molecular weight excluding hydrogens is 1170 g/mol. The predicted octanol–water partition coefficient (Wildman–Crippen LogP) is 20.0. The van der Waals surface area contributed by atoms with Gasteiger partial charge in [-0.25, -0.2) is 9.13 Å². The molecule has 17 nitrogen and oxygen atoms in total. The van der Waals surface area contributed by atoms with Crippen molar-refractivity contribution in [2.75, 3.05) is 39.6 Å². The highest BCUT2D eigenvalue weighted by Gasteiger charge is 2.30. The lowest BCUT2D eigenvalue weighted by Crippen LogP contribution is -2.30. The van der Waals surface area contributed by atoms with Crippen LogP contribution in [0.4, 0.5) is 0 Å². The number of esters is 4. The predicted molar refractivity (Wildman–Crippen MR) is 358 cm³/mol. The van der Waals surface area contributed by atoms with Crippen LogP contribution in [0.1, 0.15) is 356 Å². The summed E-state index contributed by atoms with van der Waals surface area (Å²) in [6.45, 7) is 9.49. The topological polar surface area (TPSA) is 237 Å². The number of carbonyl (C=O) groups excluding carboxylic acids is 4. The normalized spacial score (nSPS) is 14.4. The molecule has 0 radical (unpaired) electrons. The van der Waals surface area contributed by atoms with E-state index in [1.54, 1.807) is 0 Å². The van der Waals surface area contributed by atoms with E-state index in [0.717, 1.165) is 115 Å². The number of hydrogen-bond acceptors (Lipinski definition) is 15. The maximum atomic E-state index is 13.0. The molecule has 0 aromatic carbocycles. The summed E-state index contributed by atoms with van der Waals surface area (Å²) in [7, 11) is -9.89. The molecule has 0 aromatic heterocycles. The van der Waals surface area contributed by atoms with Crippen LogP contribution in [0.5, 0.6) is 0 Å². The van der Waals surface area contributed by atoms with E-state index in [2.05, 4.69) is 41.5 Å². The zero-order chi connectivity index (χ0) is 65.7. The second kappa shape index (κ2) is 62.2. The molecule has 89 heavy (non-hydrogen) atoms. The number of phosphoric acid groups is 2. The fourth-order valence-electron chi connectivity index (χ4n) is 10.6. The molecule has 528 valence electrons. The summed E-state index contributed by atoms with van der Waals surface area (Å²) in [5.41, 5.74) is 0. The first-order valence-corrected chi connectivity index (χ1v) is 39.5. The van der Waals surface area contributed by atoms with Crippen LogP contribution < -0.4 is 0 Å². The maximum Gasteiger partial charge on any atom is 0.472 e. The molecule has 0 fully saturated rings. The summed E-state index contributed by atoms with van der Waals surface area (Å²) < 4.78 is 68.2. The van der Waals surface area contributed by atoms with Crippen LogP contribution in [0.3, 0.4) is 0 Å². The van der Waals surface area contributed by atoms with Crippen molar-refractivity contribution in [2.24, 2.45) is 11.8 Å². The van der Waals surface area contributed by atoms with Gasteiger partial charge in [-0.05, 0) is 37.5 Å². The van der Waals surface area contributed by atoms with Gasteiger partial charge in [0.15, 0.2) is 12.2 Å². The van der Waals surface area contributed by atoms with Gasteiger partial charge in [0.1, 0.15) is 19.3 Å². The summed E-state index contributed by atoms with van der Waals surface area (Å²) in [5.74, 6) is -0.607. The molecule has 0 bridgehead atoms. The summed E-state index contributed by atoms with van der Waals surface area (Å²) in [4.78, 5) is 72.4. The quantitative estimate of drug-likeness (QED) is 0.0222. The fourth-order valence-corrected chi connectivity index (χ4v) is 12.1. The molecule has 0 heterocycles. The van der Waals surface area contributed by atoms with E-state index in [0.29, 0.717) is 25.7 Å². The van der Waals surface area contributed by atoms with Crippen LogP contribution in [-0.2, 0) is 65.4 Å². The van der Waals surface area contributed by atoms with Gasteiger partial charge in [-0.2, -0.15) is 0 Å². The molecule has 0 saturated heterocycles. The van der Waals surface area contributed by atoms with Crippen LogP contribution in [-0.4, -0.2) is 96.7 Å². The van der Waals surface area contributed by atoms with Crippen LogP contribution in [0.25, 0.3) is 0 Å². The molecule has 3 unspecified atom stereocenters. The van der Waals surface area contributed by atoms with Crippen molar-refractivity contribution in [1.29, 1.82) is 0 Å². The zero-order valence-corrected chi connectivity index (χ0v) is 59.5. The lowest BCUT2D eigenvalue weighted by Gasteiger charge is -2.21. The lowest BCUT2D eigenvalue weighted by atomic mass is 10.00. The number of hydrogen-bond donors (Lipinski definition) is 3. The number of ether oxygens (including phenoxy) is 4. The molecule has 0 spiro atoms. The number of phosphoric ester groups is 2. The van der Waals surface area contributed by atoms with Crippen LogP contribution in [0.2, 0.25) is 0 Å². The molecule has 6 atom stereocenters. The van der Waals surface area contributed by atoms with Gasteiger partial charge in [-0.1, -0.05) is 305 Å². The van der Waals surface area contributed by atoms with E-state index < -0.39 is 97.5 Å². The van der Waals surface area contributed by atoms with E-state index in [1.165, 1.54) is 161 Å². The van der Waals surface area contributed by atoms with Gasteiger partial charge < -0.3 is 33.8 Å². The maximum absolute atomic E-state index is 13.0. The Morgan fingerprint density at radius 1 is 0.326 bits per heavy atom. The first-order valence-electron chi connectivity index (χ1n) is 36.5. The number of unbranched alkanes of at least 4 members (excludes halogenated alkanes) is 38. The minimum atomic E-state index is -4.95. The Balaban J connectivity index is 5.19. The van der Waals surface area contributed by atoms with Crippen molar-refractivity contribution in [1.82, 2.24) is 0 Å².